The zero-order valence-electron chi connectivity index (χ0n) is 35.3. The zero-order valence-corrected chi connectivity index (χ0v) is 35.3. The molecule has 52 heavy (non-hydrogen) atoms. The summed E-state index contributed by atoms with van der Waals surface area (Å²) in [7, 11) is 0. The molecule has 0 aliphatic carbocycles. The van der Waals surface area contributed by atoms with Gasteiger partial charge in [-0.15, -0.1) is 0 Å². The van der Waals surface area contributed by atoms with E-state index in [4.69, 9.17) is 14.2 Å². The molecule has 0 aliphatic heterocycles. The molecule has 0 unspecified atom stereocenters. The minimum Gasteiger partial charge on any atom is -0.462 e. The fraction of sp³-hybridized carbons (Fsp3) is 0.935. The van der Waals surface area contributed by atoms with Crippen molar-refractivity contribution in [1.29, 1.82) is 0 Å². The molecule has 0 rings (SSSR count). The fourth-order valence-corrected chi connectivity index (χ4v) is 6.80. The van der Waals surface area contributed by atoms with E-state index in [0.717, 1.165) is 63.7 Å². The Hall–Kier alpha value is -1.59. The lowest BCUT2D eigenvalue weighted by Gasteiger charge is -2.18. The number of carbonyl (C=O) groups is 3. The van der Waals surface area contributed by atoms with Crippen LogP contribution in [0.3, 0.4) is 0 Å². The van der Waals surface area contributed by atoms with Crippen molar-refractivity contribution in [3.63, 3.8) is 0 Å². The molecule has 0 bridgehead atoms. The van der Waals surface area contributed by atoms with Gasteiger partial charge in [0.1, 0.15) is 13.2 Å². The van der Waals surface area contributed by atoms with Crippen LogP contribution < -0.4 is 0 Å². The van der Waals surface area contributed by atoms with Crippen molar-refractivity contribution in [3.05, 3.63) is 0 Å². The van der Waals surface area contributed by atoms with Crippen LogP contribution in [0.1, 0.15) is 252 Å². The third-order valence-corrected chi connectivity index (χ3v) is 10.3. The van der Waals surface area contributed by atoms with Gasteiger partial charge in [0.15, 0.2) is 6.10 Å². The number of ether oxygens (including phenoxy) is 3. The van der Waals surface area contributed by atoms with Crippen molar-refractivity contribution in [1.82, 2.24) is 0 Å². The second-order valence-electron chi connectivity index (χ2n) is 16.2. The second kappa shape index (κ2) is 40.6. The van der Waals surface area contributed by atoms with Gasteiger partial charge in [0.05, 0.1) is 0 Å². The average Bonchev–Trinajstić information content (AvgIpc) is 3.12. The Kier molecular flexibility index (Phi) is 39.4. The van der Waals surface area contributed by atoms with E-state index in [1.807, 2.05) is 0 Å². The maximum atomic E-state index is 12.7. The summed E-state index contributed by atoms with van der Waals surface area (Å²) in [6, 6.07) is 0. The Morgan fingerprint density at radius 2 is 0.635 bits per heavy atom. The molecule has 0 fully saturated rings. The van der Waals surface area contributed by atoms with Gasteiger partial charge in [-0.1, -0.05) is 214 Å². The summed E-state index contributed by atoms with van der Waals surface area (Å²) in [6.07, 6.45) is 39.5. The monoisotopic (exact) mass is 737 g/mol. The summed E-state index contributed by atoms with van der Waals surface area (Å²) in [5, 5.41) is 0. The Morgan fingerprint density at radius 3 is 0.942 bits per heavy atom. The molecule has 0 N–H and O–H groups in total. The van der Waals surface area contributed by atoms with Gasteiger partial charge in [0.2, 0.25) is 0 Å². The van der Waals surface area contributed by atoms with Crippen molar-refractivity contribution in [2.75, 3.05) is 13.2 Å². The first-order valence-corrected chi connectivity index (χ1v) is 22.9. The van der Waals surface area contributed by atoms with Gasteiger partial charge in [-0.3, -0.25) is 14.4 Å². The van der Waals surface area contributed by atoms with Crippen LogP contribution in [-0.2, 0) is 28.6 Å². The first-order chi connectivity index (χ1) is 25.4. The largest absolute Gasteiger partial charge is 0.462 e. The highest BCUT2D eigenvalue weighted by molar-refractivity contribution is 5.71. The van der Waals surface area contributed by atoms with Gasteiger partial charge < -0.3 is 14.2 Å². The summed E-state index contributed by atoms with van der Waals surface area (Å²) >= 11 is 0. The number of carbonyl (C=O) groups excluding carboxylic acids is 3. The van der Waals surface area contributed by atoms with Crippen molar-refractivity contribution in [2.24, 2.45) is 5.92 Å². The van der Waals surface area contributed by atoms with Gasteiger partial charge in [-0.2, -0.15) is 0 Å². The summed E-state index contributed by atoms with van der Waals surface area (Å²) in [5.74, 6) is -0.0219. The van der Waals surface area contributed by atoms with Crippen LogP contribution in [0.4, 0.5) is 0 Å². The maximum Gasteiger partial charge on any atom is 0.306 e. The van der Waals surface area contributed by atoms with Gasteiger partial charge in [-0.05, 0) is 25.2 Å². The van der Waals surface area contributed by atoms with Gasteiger partial charge in [0, 0.05) is 19.3 Å². The molecule has 0 aliphatic rings. The SMILES string of the molecule is CCCCCCCCCCCCCC(=O)OC[C@H](COC(=O)CCCCCCCCC)OC(=O)CCCCCCCCCCCCCCCC(C)C. The van der Waals surface area contributed by atoms with Crippen LogP contribution in [0.2, 0.25) is 0 Å². The van der Waals surface area contributed by atoms with Crippen molar-refractivity contribution >= 4 is 17.9 Å². The highest BCUT2D eigenvalue weighted by Crippen LogP contribution is 2.16. The predicted octanol–water partition coefficient (Wildman–Crippen LogP) is 14.3. The molecule has 1 atom stereocenters. The molecule has 0 amide bonds. The molecule has 0 radical (unpaired) electrons. The van der Waals surface area contributed by atoms with Crippen LogP contribution in [0.15, 0.2) is 0 Å². The second-order valence-corrected chi connectivity index (χ2v) is 16.2. The van der Waals surface area contributed by atoms with E-state index in [0.29, 0.717) is 19.3 Å². The predicted molar refractivity (Wildman–Crippen MR) is 220 cm³/mol. The smallest absolute Gasteiger partial charge is 0.306 e. The summed E-state index contributed by atoms with van der Waals surface area (Å²) in [5.41, 5.74) is 0. The Labute approximate surface area is 323 Å². The molecule has 0 aromatic heterocycles. The molecule has 308 valence electrons. The lowest BCUT2D eigenvalue weighted by atomic mass is 10.0. The van der Waals surface area contributed by atoms with E-state index in [1.165, 1.54) is 148 Å². The molecule has 0 saturated carbocycles. The molecule has 6 nitrogen and oxygen atoms in total. The fourth-order valence-electron chi connectivity index (χ4n) is 6.80. The van der Waals surface area contributed by atoms with Gasteiger partial charge in [0.25, 0.3) is 0 Å². The number of rotatable bonds is 41. The Bertz CT molecular complexity index is 781. The zero-order chi connectivity index (χ0) is 38.2. The maximum absolute atomic E-state index is 12.7. The molecular weight excluding hydrogens is 648 g/mol. The highest BCUT2D eigenvalue weighted by atomic mass is 16.6. The minimum absolute atomic E-state index is 0.0640. The van der Waals surface area contributed by atoms with Gasteiger partial charge >= 0.3 is 17.9 Å². The van der Waals surface area contributed by atoms with Crippen LogP contribution in [0.5, 0.6) is 0 Å². The molecular formula is C46H88O6. The lowest BCUT2D eigenvalue weighted by molar-refractivity contribution is -0.167. The normalized spacial score (nSPS) is 11.9. The standard InChI is InChI=1S/C46H88O6/c1-5-7-9-11-13-14-18-22-26-30-34-38-45(48)51-41-43(40-50-44(47)37-33-29-24-12-10-8-6-2)52-46(49)39-35-31-27-23-20-17-15-16-19-21-25-28-32-36-42(3)4/h42-43H,5-41H2,1-4H3/t43-/m0/s1. The molecule has 0 aromatic carbocycles. The van der Waals surface area contributed by atoms with E-state index in [1.54, 1.807) is 0 Å². The molecule has 0 saturated heterocycles. The number of hydrogen-bond donors (Lipinski definition) is 0. The lowest BCUT2D eigenvalue weighted by Crippen LogP contribution is -2.30. The topological polar surface area (TPSA) is 78.9 Å². The average molecular weight is 737 g/mol. The summed E-state index contributed by atoms with van der Waals surface area (Å²) in [6.45, 7) is 8.96. The van der Waals surface area contributed by atoms with Crippen molar-refractivity contribution in [3.8, 4) is 0 Å². The molecule has 0 heterocycles. The molecule has 0 aromatic rings. The quantitative estimate of drug-likeness (QED) is 0.0353. The Morgan fingerprint density at radius 1 is 0.365 bits per heavy atom. The van der Waals surface area contributed by atoms with E-state index in [2.05, 4.69) is 27.7 Å². The first kappa shape index (κ1) is 50.4. The van der Waals surface area contributed by atoms with Crippen molar-refractivity contribution < 1.29 is 28.6 Å². The minimum atomic E-state index is -0.758. The number of unbranched alkanes of at least 4 members (excludes halogenated alkanes) is 28. The van der Waals surface area contributed by atoms with E-state index < -0.39 is 6.10 Å². The summed E-state index contributed by atoms with van der Waals surface area (Å²) < 4.78 is 16.7. The van der Waals surface area contributed by atoms with E-state index in [-0.39, 0.29) is 31.1 Å². The van der Waals surface area contributed by atoms with E-state index >= 15 is 0 Å². The van der Waals surface area contributed by atoms with Crippen molar-refractivity contribution in [2.45, 2.75) is 259 Å². The third kappa shape index (κ3) is 39.6. The van der Waals surface area contributed by atoms with Gasteiger partial charge in [-0.25, -0.2) is 0 Å². The number of hydrogen-bond acceptors (Lipinski definition) is 6. The highest BCUT2D eigenvalue weighted by Gasteiger charge is 2.19. The molecule has 6 heteroatoms. The molecule has 0 spiro atoms. The van der Waals surface area contributed by atoms with Crippen LogP contribution in [0.25, 0.3) is 0 Å². The van der Waals surface area contributed by atoms with Crippen LogP contribution in [-0.4, -0.2) is 37.2 Å². The van der Waals surface area contributed by atoms with Crippen LogP contribution in [0, 0.1) is 5.92 Å². The summed E-state index contributed by atoms with van der Waals surface area (Å²) in [4.78, 5) is 37.6. The number of esters is 3. The first-order valence-electron chi connectivity index (χ1n) is 22.9. The van der Waals surface area contributed by atoms with Crippen LogP contribution >= 0.6 is 0 Å². The van der Waals surface area contributed by atoms with E-state index in [9.17, 15) is 14.4 Å². The third-order valence-electron chi connectivity index (χ3n) is 10.3. The Balaban J connectivity index is 4.25.